The molecule has 0 bridgehead atoms. The summed E-state index contributed by atoms with van der Waals surface area (Å²) >= 11 is 5.84. The predicted octanol–water partition coefficient (Wildman–Crippen LogP) is 4.26. The van der Waals surface area contributed by atoms with Crippen LogP contribution in [0.3, 0.4) is 0 Å². The average molecular weight is 365 g/mol. The lowest BCUT2D eigenvalue weighted by atomic mass is 10.1. The third kappa shape index (κ3) is 5.03. The number of carbonyl (C=O) groups is 1. The highest BCUT2D eigenvalue weighted by Gasteiger charge is 2.32. The zero-order valence-corrected chi connectivity index (χ0v) is 15.4. The first-order valence-electron chi connectivity index (χ1n) is 7.68. The molecule has 0 radical (unpaired) electrons. The SMILES string of the molecule is COc1ccc(COC(=O)C(C)(C)Oc2ccc(Cl)cc2)cc1OC. The van der Waals surface area contributed by atoms with E-state index >= 15 is 0 Å². The number of carbonyl (C=O) groups excluding carboxylic acids is 1. The van der Waals surface area contributed by atoms with E-state index in [0.717, 1.165) is 5.56 Å². The topological polar surface area (TPSA) is 54.0 Å². The van der Waals surface area contributed by atoms with Gasteiger partial charge in [0.25, 0.3) is 0 Å². The summed E-state index contributed by atoms with van der Waals surface area (Å²) in [6.45, 7) is 3.41. The van der Waals surface area contributed by atoms with Gasteiger partial charge in [0.05, 0.1) is 14.2 Å². The van der Waals surface area contributed by atoms with Crippen molar-refractivity contribution in [3.05, 3.63) is 53.1 Å². The van der Waals surface area contributed by atoms with E-state index in [9.17, 15) is 4.79 Å². The van der Waals surface area contributed by atoms with Gasteiger partial charge in [0.2, 0.25) is 0 Å². The summed E-state index contributed by atoms with van der Waals surface area (Å²) in [4.78, 5) is 12.4. The Bertz CT molecular complexity index is 725. The predicted molar refractivity (Wildman–Crippen MR) is 95.5 cm³/mol. The Morgan fingerprint density at radius 2 is 1.64 bits per heavy atom. The van der Waals surface area contributed by atoms with Crippen LogP contribution in [-0.4, -0.2) is 25.8 Å². The molecule has 0 unspecified atom stereocenters. The molecule has 5 nitrogen and oxygen atoms in total. The normalized spacial score (nSPS) is 10.9. The fourth-order valence-corrected chi connectivity index (χ4v) is 2.26. The van der Waals surface area contributed by atoms with Crippen molar-refractivity contribution in [1.29, 1.82) is 0 Å². The van der Waals surface area contributed by atoms with Gasteiger partial charge < -0.3 is 18.9 Å². The van der Waals surface area contributed by atoms with Crippen molar-refractivity contribution < 1.29 is 23.7 Å². The number of rotatable bonds is 7. The summed E-state index contributed by atoms with van der Waals surface area (Å²) in [6, 6.07) is 12.1. The third-order valence-electron chi connectivity index (χ3n) is 3.50. The Morgan fingerprint density at radius 3 is 2.24 bits per heavy atom. The average Bonchev–Trinajstić information content (AvgIpc) is 2.61. The Morgan fingerprint density at radius 1 is 1.00 bits per heavy atom. The standard InChI is InChI=1S/C19H21ClO5/c1-19(2,25-15-8-6-14(20)7-9-15)18(21)24-12-13-5-10-16(22-3)17(11-13)23-4/h5-11H,12H2,1-4H3. The summed E-state index contributed by atoms with van der Waals surface area (Å²) in [5, 5.41) is 0.598. The third-order valence-corrected chi connectivity index (χ3v) is 3.75. The monoisotopic (exact) mass is 364 g/mol. The van der Waals surface area contributed by atoms with Crippen LogP contribution in [0, 0.1) is 0 Å². The fraction of sp³-hybridized carbons (Fsp3) is 0.316. The van der Waals surface area contributed by atoms with Crippen molar-refractivity contribution in [2.75, 3.05) is 14.2 Å². The second-order valence-electron chi connectivity index (χ2n) is 5.83. The van der Waals surface area contributed by atoms with Gasteiger partial charge in [0, 0.05) is 5.02 Å². The maximum Gasteiger partial charge on any atom is 0.350 e. The summed E-state index contributed by atoms with van der Waals surface area (Å²) in [7, 11) is 3.12. The molecule has 0 fully saturated rings. The van der Waals surface area contributed by atoms with Crippen molar-refractivity contribution in [3.63, 3.8) is 0 Å². The summed E-state index contributed by atoms with van der Waals surface area (Å²) in [5.41, 5.74) is -0.349. The van der Waals surface area contributed by atoms with Crippen LogP contribution < -0.4 is 14.2 Å². The van der Waals surface area contributed by atoms with E-state index in [0.29, 0.717) is 22.3 Å². The molecule has 0 spiro atoms. The summed E-state index contributed by atoms with van der Waals surface area (Å²) in [6.07, 6.45) is 0. The minimum absolute atomic E-state index is 0.104. The zero-order valence-electron chi connectivity index (χ0n) is 14.7. The Labute approximate surface area is 152 Å². The molecule has 2 aromatic rings. The largest absolute Gasteiger partial charge is 0.493 e. The van der Waals surface area contributed by atoms with Gasteiger partial charge in [0.15, 0.2) is 17.1 Å². The van der Waals surface area contributed by atoms with Crippen molar-refractivity contribution in [3.8, 4) is 17.2 Å². The van der Waals surface area contributed by atoms with Crippen LogP contribution in [0.4, 0.5) is 0 Å². The van der Waals surface area contributed by atoms with Gasteiger partial charge in [-0.25, -0.2) is 4.79 Å². The molecule has 0 aliphatic carbocycles. The minimum atomic E-state index is -1.13. The number of methoxy groups -OCH3 is 2. The lowest BCUT2D eigenvalue weighted by Crippen LogP contribution is -2.39. The van der Waals surface area contributed by atoms with E-state index in [2.05, 4.69) is 0 Å². The molecule has 0 N–H and O–H groups in total. The van der Waals surface area contributed by atoms with Gasteiger partial charge >= 0.3 is 5.97 Å². The molecular formula is C19H21ClO5. The highest BCUT2D eigenvalue weighted by atomic mass is 35.5. The van der Waals surface area contributed by atoms with Crippen molar-refractivity contribution >= 4 is 17.6 Å². The van der Waals surface area contributed by atoms with Gasteiger partial charge in [-0.2, -0.15) is 0 Å². The van der Waals surface area contributed by atoms with Crippen LogP contribution in [0.5, 0.6) is 17.2 Å². The van der Waals surface area contributed by atoms with Crippen LogP contribution in [-0.2, 0) is 16.1 Å². The molecule has 134 valence electrons. The maximum atomic E-state index is 12.4. The number of ether oxygens (including phenoxy) is 4. The van der Waals surface area contributed by atoms with Crippen molar-refractivity contribution in [1.82, 2.24) is 0 Å². The highest BCUT2D eigenvalue weighted by Crippen LogP contribution is 2.28. The number of benzene rings is 2. The Hall–Kier alpha value is -2.40. The zero-order chi connectivity index (χ0) is 18.4. The minimum Gasteiger partial charge on any atom is -0.493 e. The molecule has 2 rings (SSSR count). The molecular weight excluding hydrogens is 344 g/mol. The number of esters is 1. The molecule has 2 aromatic carbocycles. The number of halogens is 1. The molecule has 0 saturated carbocycles. The lowest BCUT2D eigenvalue weighted by Gasteiger charge is -2.24. The van der Waals surface area contributed by atoms with Crippen molar-refractivity contribution in [2.45, 2.75) is 26.1 Å². The van der Waals surface area contributed by atoms with Crippen LogP contribution in [0.15, 0.2) is 42.5 Å². The van der Waals surface area contributed by atoms with E-state index < -0.39 is 11.6 Å². The second kappa shape index (κ2) is 8.12. The van der Waals surface area contributed by atoms with Crippen molar-refractivity contribution in [2.24, 2.45) is 0 Å². The smallest absolute Gasteiger partial charge is 0.350 e. The van der Waals surface area contributed by atoms with E-state index in [1.807, 2.05) is 6.07 Å². The quantitative estimate of drug-likeness (QED) is 0.687. The first-order valence-corrected chi connectivity index (χ1v) is 8.06. The van der Waals surface area contributed by atoms with Crippen LogP contribution in [0.2, 0.25) is 5.02 Å². The van der Waals surface area contributed by atoms with Gasteiger partial charge in [0.1, 0.15) is 12.4 Å². The number of hydrogen-bond acceptors (Lipinski definition) is 5. The molecule has 0 saturated heterocycles. The van der Waals surface area contributed by atoms with Gasteiger partial charge in [-0.3, -0.25) is 0 Å². The molecule has 0 aromatic heterocycles. The van der Waals surface area contributed by atoms with Crippen LogP contribution >= 0.6 is 11.6 Å². The molecule has 6 heteroatoms. The van der Waals surface area contributed by atoms with Gasteiger partial charge in [-0.05, 0) is 55.8 Å². The molecule has 0 aliphatic heterocycles. The molecule has 0 amide bonds. The molecule has 0 atom stereocenters. The fourth-order valence-electron chi connectivity index (χ4n) is 2.13. The highest BCUT2D eigenvalue weighted by molar-refractivity contribution is 6.30. The first-order chi connectivity index (χ1) is 11.9. The summed E-state index contributed by atoms with van der Waals surface area (Å²) in [5.74, 6) is 1.26. The maximum absolute atomic E-state index is 12.4. The Balaban J connectivity index is 1.99. The second-order valence-corrected chi connectivity index (χ2v) is 6.27. The molecule has 0 heterocycles. The van der Waals surface area contributed by atoms with E-state index in [1.165, 1.54) is 0 Å². The Kier molecular flexibility index (Phi) is 6.15. The van der Waals surface area contributed by atoms with E-state index in [4.69, 9.17) is 30.5 Å². The van der Waals surface area contributed by atoms with E-state index in [-0.39, 0.29) is 6.61 Å². The molecule has 0 aliphatic rings. The van der Waals surface area contributed by atoms with Crippen LogP contribution in [0.25, 0.3) is 0 Å². The van der Waals surface area contributed by atoms with E-state index in [1.54, 1.807) is 64.5 Å². The van der Waals surface area contributed by atoms with Crippen LogP contribution in [0.1, 0.15) is 19.4 Å². The van der Waals surface area contributed by atoms with Gasteiger partial charge in [-0.15, -0.1) is 0 Å². The lowest BCUT2D eigenvalue weighted by molar-refractivity contribution is -0.160. The summed E-state index contributed by atoms with van der Waals surface area (Å²) < 4.78 is 21.5. The molecule has 25 heavy (non-hydrogen) atoms. The van der Waals surface area contributed by atoms with Gasteiger partial charge in [-0.1, -0.05) is 17.7 Å². The first kappa shape index (κ1) is 18.9. The number of hydrogen-bond donors (Lipinski definition) is 0.